The van der Waals surface area contributed by atoms with Crippen LogP contribution < -0.4 is 4.90 Å². The zero-order chi connectivity index (χ0) is 12.3. The van der Waals surface area contributed by atoms with Crippen LogP contribution in [0.3, 0.4) is 0 Å². The van der Waals surface area contributed by atoms with Crippen molar-refractivity contribution in [3.8, 4) is 0 Å². The quantitative estimate of drug-likeness (QED) is 0.867. The molecule has 1 fully saturated rings. The Morgan fingerprint density at radius 2 is 2.00 bits per heavy atom. The fraction of sp³-hybridized carbons (Fsp3) is 0.600. The lowest BCUT2D eigenvalue weighted by Crippen LogP contribution is -2.34. The highest BCUT2D eigenvalue weighted by molar-refractivity contribution is 5.55. The van der Waals surface area contributed by atoms with Crippen molar-refractivity contribution < 1.29 is 5.11 Å². The number of aliphatic hydroxyl groups is 1. The molecule has 1 aliphatic rings. The predicted molar refractivity (Wildman–Crippen MR) is 72.3 cm³/mol. The van der Waals surface area contributed by atoms with Gasteiger partial charge in [-0.25, -0.2) is 0 Å². The van der Waals surface area contributed by atoms with Crippen molar-refractivity contribution in [3.63, 3.8) is 0 Å². The van der Waals surface area contributed by atoms with Gasteiger partial charge in [0.25, 0.3) is 0 Å². The molecule has 1 aromatic carbocycles. The van der Waals surface area contributed by atoms with E-state index in [1.54, 1.807) is 0 Å². The molecule has 0 saturated carbocycles. The number of rotatable bonds is 3. The van der Waals surface area contributed by atoms with Crippen molar-refractivity contribution in [1.29, 1.82) is 0 Å². The molecule has 17 heavy (non-hydrogen) atoms. The van der Waals surface area contributed by atoms with Gasteiger partial charge < -0.3 is 10.0 Å². The van der Waals surface area contributed by atoms with E-state index >= 15 is 0 Å². The molecule has 1 N–H and O–H groups in total. The maximum absolute atomic E-state index is 9.45. The Labute approximate surface area is 104 Å². The van der Waals surface area contributed by atoms with E-state index in [9.17, 15) is 5.11 Å². The minimum absolute atomic E-state index is 0.144. The van der Waals surface area contributed by atoms with Crippen LogP contribution in [-0.4, -0.2) is 18.2 Å². The van der Waals surface area contributed by atoms with Gasteiger partial charge in [0.2, 0.25) is 0 Å². The van der Waals surface area contributed by atoms with E-state index in [-0.39, 0.29) is 6.61 Å². The largest absolute Gasteiger partial charge is 0.392 e. The Balaban J connectivity index is 2.12. The number of benzene rings is 1. The van der Waals surface area contributed by atoms with E-state index in [2.05, 4.69) is 36.9 Å². The van der Waals surface area contributed by atoms with E-state index in [4.69, 9.17) is 0 Å². The molecule has 0 unspecified atom stereocenters. The molecule has 0 radical (unpaired) electrons. The van der Waals surface area contributed by atoms with E-state index < -0.39 is 0 Å². The topological polar surface area (TPSA) is 23.5 Å². The van der Waals surface area contributed by atoms with Gasteiger partial charge >= 0.3 is 0 Å². The Bertz CT molecular complexity index is 367. The molecule has 1 aliphatic heterocycles. The molecule has 1 heterocycles. The normalized spacial score (nSPS) is 17.5. The van der Waals surface area contributed by atoms with Gasteiger partial charge in [0, 0.05) is 24.3 Å². The molecule has 94 valence electrons. The summed E-state index contributed by atoms with van der Waals surface area (Å²) in [5.74, 6) is 0.897. The summed E-state index contributed by atoms with van der Waals surface area (Å²) in [7, 11) is 0. The molecule has 2 heteroatoms. The summed E-state index contributed by atoms with van der Waals surface area (Å²) in [6.45, 7) is 6.77. The minimum Gasteiger partial charge on any atom is -0.392 e. The highest BCUT2D eigenvalue weighted by Crippen LogP contribution is 2.28. The van der Waals surface area contributed by atoms with Crippen LogP contribution in [0.15, 0.2) is 18.2 Å². The second-order valence-electron chi connectivity index (χ2n) is 5.13. The SMILES string of the molecule is CCC1CCN(c2ccc(C)cc2CO)CC1. The summed E-state index contributed by atoms with van der Waals surface area (Å²) in [5.41, 5.74) is 3.52. The van der Waals surface area contributed by atoms with Gasteiger partial charge in [0.05, 0.1) is 6.61 Å². The average Bonchev–Trinajstić information content (AvgIpc) is 2.39. The number of hydrogen-bond acceptors (Lipinski definition) is 2. The molecule has 0 amide bonds. The van der Waals surface area contributed by atoms with Crippen LogP contribution in [0.2, 0.25) is 0 Å². The number of aliphatic hydroxyl groups excluding tert-OH is 1. The third kappa shape index (κ3) is 2.81. The van der Waals surface area contributed by atoms with Crippen LogP contribution in [0.5, 0.6) is 0 Å². The van der Waals surface area contributed by atoms with Gasteiger partial charge in [-0.2, -0.15) is 0 Å². The zero-order valence-electron chi connectivity index (χ0n) is 10.9. The molecule has 0 bridgehead atoms. The van der Waals surface area contributed by atoms with Crippen LogP contribution in [0.25, 0.3) is 0 Å². The van der Waals surface area contributed by atoms with Crippen molar-refractivity contribution in [3.05, 3.63) is 29.3 Å². The number of nitrogens with zero attached hydrogens (tertiary/aromatic N) is 1. The first-order valence-electron chi connectivity index (χ1n) is 6.70. The second kappa shape index (κ2) is 5.54. The fourth-order valence-corrected chi connectivity index (χ4v) is 2.73. The molecular weight excluding hydrogens is 210 g/mol. The molecular formula is C15H23NO. The first-order chi connectivity index (χ1) is 8.24. The van der Waals surface area contributed by atoms with Crippen LogP contribution >= 0.6 is 0 Å². The molecule has 0 aromatic heterocycles. The molecule has 1 aromatic rings. The van der Waals surface area contributed by atoms with Gasteiger partial charge in [-0.1, -0.05) is 31.0 Å². The Morgan fingerprint density at radius 3 is 2.59 bits per heavy atom. The number of aryl methyl sites for hydroxylation is 1. The maximum Gasteiger partial charge on any atom is 0.0702 e. The summed E-state index contributed by atoms with van der Waals surface area (Å²) < 4.78 is 0. The monoisotopic (exact) mass is 233 g/mol. The minimum atomic E-state index is 0.144. The van der Waals surface area contributed by atoms with Gasteiger partial charge in [0.1, 0.15) is 0 Å². The van der Waals surface area contributed by atoms with Crippen LogP contribution in [-0.2, 0) is 6.61 Å². The molecule has 2 rings (SSSR count). The van der Waals surface area contributed by atoms with Gasteiger partial charge in [-0.05, 0) is 31.7 Å². The van der Waals surface area contributed by atoms with Gasteiger partial charge in [0.15, 0.2) is 0 Å². The summed E-state index contributed by atoms with van der Waals surface area (Å²) in [5, 5.41) is 9.45. The average molecular weight is 233 g/mol. The second-order valence-corrected chi connectivity index (χ2v) is 5.13. The number of piperidine rings is 1. The van der Waals surface area contributed by atoms with E-state index in [0.29, 0.717) is 0 Å². The molecule has 0 spiro atoms. The van der Waals surface area contributed by atoms with Crippen LogP contribution in [0.1, 0.15) is 37.3 Å². The Morgan fingerprint density at radius 1 is 1.29 bits per heavy atom. The Hall–Kier alpha value is -1.02. The summed E-state index contributed by atoms with van der Waals surface area (Å²) in [4.78, 5) is 2.43. The highest BCUT2D eigenvalue weighted by atomic mass is 16.3. The number of anilines is 1. The third-order valence-electron chi connectivity index (χ3n) is 3.94. The van der Waals surface area contributed by atoms with Crippen molar-refractivity contribution in [2.45, 2.75) is 39.7 Å². The Kier molecular flexibility index (Phi) is 4.06. The number of hydrogen-bond donors (Lipinski definition) is 1. The standard InChI is InChI=1S/C15H23NO/c1-3-13-6-8-16(9-7-13)15-5-4-12(2)10-14(15)11-17/h4-5,10,13,17H,3,6-9,11H2,1-2H3. The third-order valence-corrected chi connectivity index (χ3v) is 3.94. The maximum atomic E-state index is 9.45. The first kappa shape index (κ1) is 12.4. The lowest BCUT2D eigenvalue weighted by atomic mass is 9.93. The summed E-state index contributed by atoms with van der Waals surface area (Å²) >= 11 is 0. The van der Waals surface area contributed by atoms with Crippen molar-refractivity contribution in [2.75, 3.05) is 18.0 Å². The lowest BCUT2D eigenvalue weighted by molar-refractivity contribution is 0.281. The molecule has 2 nitrogen and oxygen atoms in total. The zero-order valence-corrected chi connectivity index (χ0v) is 10.9. The van der Waals surface area contributed by atoms with E-state index in [0.717, 1.165) is 24.6 Å². The van der Waals surface area contributed by atoms with Crippen LogP contribution in [0.4, 0.5) is 5.69 Å². The smallest absolute Gasteiger partial charge is 0.0702 e. The lowest BCUT2D eigenvalue weighted by Gasteiger charge is -2.34. The summed E-state index contributed by atoms with van der Waals surface area (Å²) in [6.07, 6.45) is 3.87. The fourth-order valence-electron chi connectivity index (χ4n) is 2.73. The molecule has 0 atom stereocenters. The van der Waals surface area contributed by atoms with E-state index in [1.807, 2.05) is 0 Å². The van der Waals surface area contributed by atoms with Crippen LogP contribution in [0, 0.1) is 12.8 Å². The predicted octanol–water partition coefficient (Wildman–Crippen LogP) is 3.11. The first-order valence-corrected chi connectivity index (χ1v) is 6.70. The summed E-state index contributed by atoms with van der Waals surface area (Å²) in [6, 6.07) is 6.40. The van der Waals surface area contributed by atoms with Gasteiger partial charge in [-0.15, -0.1) is 0 Å². The highest BCUT2D eigenvalue weighted by Gasteiger charge is 2.19. The van der Waals surface area contributed by atoms with E-state index in [1.165, 1.54) is 30.5 Å². The molecule has 0 aliphatic carbocycles. The molecule has 1 saturated heterocycles. The van der Waals surface area contributed by atoms with Crippen molar-refractivity contribution >= 4 is 5.69 Å². The van der Waals surface area contributed by atoms with Gasteiger partial charge in [-0.3, -0.25) is 0 Å². The van der Waals surface area contributed by atoms with Crippen molar-refractivity contribution in [1.82, 2.24) is 0 Å². The van der Waals surface area contributed by atoms with Crippen molar-refractivity contribution in [2.24, 2.45) is 5.92 Å².